The lowest BCUT2D eigenvalue weighted by Crippen LogP contribution is -2.13. The maximum absolute atomic E-state index is 6.24. The monoisotopic (exact) mass is 540 g/mol. The van der Waals surface area contributed by atoms with Gasteiger partial charge in [-0.05, 0) is 61.4 Å². The van der Waals surface area contributed by atoms with Crippen LogP contribution in [0.15, 0.2) is 58.5 Å². The lowest BCUT2D eigenvalue weighted by molar-refractivity contribution is 0.728. The minimum Gasteiger partial charge on any atom is -0.384 e. The Bertz CT molecular complexity index is 1500. The molecule has 0 saturated carbocycles. The van der Waals surface area contributed by atoms with Crippen LogP contribution in [-0.2, 0) is 0 Å². The Hall–Kier alpha value is -3.98. The zero-order valence-electron chi connectivity index (χ0n) is 22.6. The summed E-state index contributed by atoms with van der Waals surface area (Å²) >= 11 is 1.64. The molecule has 0 amide bonds. The van der Waals surface area contributed by atoms with Gasteiger partial charge in [0.2, 0.25) is 0 Å². The summed E-state index contributed by atoms with van der Waals surface area (Å²) in [4.78, 5) is 27.6. The standard InChI is InChI=1S/C30H36N8S/c1-3-5-7-15-33-27(31)19-9-11-21-23(17-19)37-29(35-21)25-13-14-26(39-25)30-36-22-12-10-20(18-24(22)38-30)28(32)34-16-8-6-4-2/h9-14,17-18H,3-8,15-16H2,1-2H3,(H2,31,33)(H2,32,34)(H,35,37)(H,36,38). The van der Waals surface area contributed by atoms with Crippen molar-refractivity contribution in [2.24, 2.45) is 21.5 Å². The first kappa shape index (κ1) is 26.6. The number of aromatic nitrogens is 4. The molecule has 5 rings (SSSR count). The van der Waals surface area contributed by atoms with Gasteiger partial charge >= 0.3 is 0 Å². The first-order valence-electron chi connectivity index (χ1n) is 13.8. The predicted octanol–water partition coefficient (Wildman–Crippen LogP) is 6.63. The van der Waals surface area contributed by atoms with Gasteiger partial charge in [-0.3, -0.25) is 9.98 Å². The molecule has 0 aliphatic heterocycles. The van der Waals surface area contributed by atoms with Crippen molar-refractivity contribution in [1.29, 1.82) is 0 Å². The molecular formula is C30H36N8S. The fourth-order valence-corrected chi connectivity index (χ4v) is 5.36. The number of hydrogen-bond acceptors (Lipinski definition) is 5. The second kappa shape index (κ2) is 12.3. The molecule has 0 unspecified atom stereocenters. The number of rotatable bonds is 12. The Labute approximate surface area is 232 Å². The highest BCUT2D eigenvalue weighted by Crippen LogP contribution is 2.34. The molecule has 202 valence electrons. The van der Waals surface area contributed by atoms with Crippen molar-refractivity contribution in [2.45, 2.75) is 52.4 Å². The largest absolute Gasteiger partial charge is 0.384 e. The molecule has 6 N–H and O–H groups in total. The molecule has 3 aromatic heterocycles. The molecule has 0 bridgehead atoms. The maximum atomic E-state index is 6.24. The molecule has 0 spiro atoms. The number of unbranched alkanes of at least 4 members (excludes halogenated alkanes) is 4. The number of hydrogen-bond donors (Lipinski definition) is 4. The average Bonchev–Trinajstić information content (AvgIpc) is 3.70. The molecule has 5 aromatic rings. The SMILES string of the molecule is CCCCCN=C(N)c1ccc2nc(-c3ccc(-c4nc5ccc(C(N)=NCCCCC)cc5[nH]4)s3)[nH]c2c1. The van der Waals surface area contributed by atoms with Crippen molar-refractivity contribution in [2.75, 3.05) is 13.1 Å². The van der Waals surface area contributed by atoms with E-state index in [1.165, 1.54) is 25.7 Å². The van der Waals surface area contributed by atoms with Crippen LogP contribution in [0.25, 0.3) is 43.5 Å². The molecule has 3 heterocycles. The van der Waals surface area contributed by atoms with Crippen LogP contribution in [0.3, 0.4) is 0 Å². The lowest BCUT2D eigenvalue weighted by atomic mass is 10.2. The number of benzene rings is 2. The fourth-order valence-electron chi connectivity index (χ4n) is 4.47. The number of aromatic amines is 2. The van der Waals surface area contributed by atoms with Crippen molar-refractivity contribution >= 4 is 45.1 Å². The summed E-state index contributed by atoms with van der Waals surface area (Å²) in [6.07, 6.45) is 6.79. The lowest BCUT2D eigenvalue weighted by Gasteiger charge is -2.01. The van der Waals surface area contributed by atoms with Crippen molar-refractivity contribution in [3.8, 4) is 21.4 Å². The zero-order valence-corrected chi connectivity index (χ0v) is 23.4. The van der Waals surface area contributed by atoms with Gasteiger partial charge in [-0.15, -0.1) is 11.3 Å². The van der Waals surface area contributed by atoms with Gasteiger partial charge in [0.25, 0.3) is 0 Å². The van der Waals surface area contributed by atoms with Crippen LogP contribution >= 0.6 is 11.3 Å². The topological polar surface area (TPSA) is 134 Å². The van der Waals surface area contributed by atoms with Crippen molar-refractivity contribution in [1.82, 2.24) is 19.9 Å². The molecule has 0 aliphatic rings. The molecular weight excluding hydrogens is 504 g/mol. The summed E-state index contributed by atoms with van der Waals surface area (Å²) in [5.41, 5.74) is 18.0. The Morgan fingerprint density at radius 2 is 1.15 bits per heavy atom. The minimum absolute atomic E-state index is 0.570. The molecule has 2 aromatic carbocycles. The third kappa shape index (κ3) is 6.20. The van der Waals surface area contributed by atoms with Gasteiger partial charge < -0.3 is 21.4 Å². The quantitative estimate of drug-likeness (QED) is 0.0803. The highest BCUT2D eigenvalue weighted by atomic mass is 32.1. The van der Waals surface area contributed by atoms with Crippen LogP contribution in [-0.4, -0.2) is 44.7 Å². The third-order valence-corrected chi connectivity index (χ3v) is 7.81. The third-order valence-electron chi connectivity index (χ3n) is 6.72. The number of fused-ring (bicyclic) bond motifs is 2. The molecule has 0 saturated heterocycles. The van der Waals surface area contributed by atoms with Gasteiger partial charge in [0.15, 0.2) is 0 Å². The Morgan fingerprint density at radius 3 is 1.59 bits per heavy atom. The van der Waals surface area contributed by atoms with Crippen LogP contribution in [0.2, 0.25) is 0 Å². The van der Waals surface area contributed by atoms with Crippen LogP contribution in [0, 0.1) is 0 Å². The number of imidazole rings is 2. The molecule has 0 fully saturated rings. The van der Waals surface area contributed by atoms with Crippen LogP contribution in [0.4, 0.5) is 0 Å². The highest BCUT2D eigenvalue weighted by molar-refractivity contribution is 7.18. The second-order valence-electron chi connectivity index (χ2n) is 9.75. The van der Waals surface area contributed by atoms with E-state index in [2.05, 4.69) is 45.9 Å². The number of nitrogens with zero attached hydrogens (tertiary/aromatic N) is 4. The first-order chi connectivity index (χ1) is 19.1. The van der Waals surface area contributed by atoms with E-state index in [1.54, 1.807) is 11.3 Å². The maximum Gasteiger partial charge on any atom is 0.148 e. The fraction of sp³-hybridized carbons (Fsp3) is 0.333. The van der Waals surface area contributed by atoms with E-state index >= 15 is 0 Å². The Morgan fingerprint density at radius 1 is 0.692 bits per heavy atom. The summed E-state index contributed by atoms with van der Waals surface area (Å²) in [5.74, 6) is 2.78. The first-order valence-corrected chi connectivity index (χ1v) is 14.6. The minimum atomic E-state index is 0.570. The van der Waals surface area contributed by atoms with Crippen LogP contribution < -0.4 is 11.5 Å². The van der Waals surface area contributed by atoms with Gasteiger partial charge in [-0.1, -0.05) is 39.5 Å². The number of aliphatic imine (C=N–C) groups is 2. The predicted molar refractivity (Wildman–Crippen MR) is 165 cm³/mol. The average molecular weight is 541 g/mol. The number of H-pyrrole nitrogens is 2. The molecule has 0 radical (unpaired) electrons. The van der Waals surface area contributed by atoms with Crippen molar-refractivity contribution < 1.29 is 0 Å². The number of thiophene rings is 1. The number of nitrogens with two attached hydrogens (primary N) is 2. The van der Waals surface area contributed by atoms with Gasteiger partial charge in [0, 0.05) is 24.2 Å². The van der Waals surface area contributed by atoms with Gasteiger partial charge in [0.05, 0.1) is 31.8 Å². The van der Waals surface area contributed by atoms with E-state index in [-0.39, 0.29) is 0 Å². The van der Waals surface area contributed by atoms with Gasteiger partial charge in [0.1, 0.15) is 23.3 Å². The van der Waals surface area contributed by atoms with E-state index in [9.17, 15) is 0 Å². The van der Waals surface area contributed by atoms with E-state index in [1.807, 2.05) is 36.4 Å². The van der Waals surface area contributed by atoms with Gasteiger partial charge in [-0.25, -0.2) is 9.97 Å². The van der Waals surface area contributed by atoms with Gasteiger partial charge in [-0.2, -0.15) is 0 Å². The summed E-state index contributed by atoms with van der Waals surface area (Å²) in [7, 11) is 0. The van der Waals surface area contributed by atoms with E-state index in [0.717, 1.165) is 80.5 Å². The summed E-state index contributed by atoms with van der Waals surface area (Å²) in [6, 6.07) is 16.1. The Kier molecular flexibility index (Phi) is 8.36. The van der Waals surface area contributed by atoms with Crippen LogP contribution in [0.5, 0.6) is 0 Å². The smallest absolute Gasteiger partial charge is 0.148 e. The normalized spacial score (nSPS) is 12.7. The van der Waals surface area contributed by atoms with E-state index in [4.69, 9.17) is 21.4 Å². The van der Waals surface area contributed by atoms with E-state index < -0.39 is 0 Å². The highest BCUT2D eigenvalue weighted by Gasteiger charge is 2.13. The molecule has 0 atom stereocenters. The summed E-state index contributed by atoms with van der Waals surface area (Å²) in [6.45, 7) is 5.88. The zero-order chi connectivity index (χ0) is 27.2. The van der Waals surface area contributed by atoms with Crippen molar-refractivity contribution in [3.63, 3.8) is 0 Å². The van der Waals surface area contributed by atoms with Crippen LogP contribution in [0.1, 0.15) is 63.5 Å². The Balaban J connectivity index is 1.34. The van der Waals surface area contributed by atoms with Crippen molar-refractivity contribution in [3.05, 3.63) is 59.7 Å². The second-order valence-corrected chi connectivity index (χ2v) is 10.8. The number of amidine groups is 2. The molecule has 9 heteroatoms. The van der Waals surface area contributed by atoms with E-state index in [0.29, 0.717) is 11.7 Å². The molecule has 0 aliphatic carbocycles. The summed E-state index contributed by atoms with van der Waals surface area (Å²) < 4.78 is 0. The molecule has 39 heavy (non-hydrogen) atoms. The number of nitrogens with one attached hydrogen (secondary N) is 2. The molecule has 8 nitrogen and oxygen atoms in total. The summed E-state index contributed by atoms with van der Waals surface area (Å²) in [5, 5.41) is 0.